The van der Waals surface area contributed by atoms with E-state index in [0.29, 0.717) is 0 Å². The second-order valence-corrected chi connectivity index (χ2v) is 9.79. The zero-order valence-corrected chi connectivity index (χ0v) is 21.6. The highest BCUT2D eigenvalue weighted by atomic mass is 32.1. The van der Waals surface area contributed by atoms with Crippen LogP contribution in [0.1, 0.15) is 11.1 Å². The number of hydrogen-bond donors (Lipinski definition) is 1. The molecule has 0 atom stereocenters. The lowest BCUT2D eigenvalue weighted by Crippen LogP contribution is -1.93. The second kappa shape index (κ2) is 10.7. The maximum absolute atomic E-state index is 4.86. The number of aromatic nitrogens is 3. The van der Waals surface area contributed by atoms with Crippen LogP contribution in [-0.4, -0.2) is 21.0 Å². The average Bonchev–Trinajstić information content (AvgIpc) is 3.63. The molecule has 5 nitrogen and oxygen atoms in total. The lowest BCUT2D eigenvalue weighted by Gasteiger charge is -2.02. The molecule has 0 saturated heterocycles. The first-order valence-electron chi connectivity index (χ1n) is 12.4. The molecule has 38 heavy (non-hydrogen) atoms. The first-order valence-corrected chi connectivity index (χ1v) is 13.2. The monoisotopic (exact) mass is 511 g/mol. The molecule has 0 saturated carbocycles. The molecule has 184 valence electrons. The number of para-hydroxylation sites is 1. The predicted octanol–water partition coefficient (Wildman–Crippen LogP) is 8.08. The molecule has 6 heteroatoms. The van der Waals surface area contributed by atoms with Crippen molar-refractivity contribution in [1.29, 1.82) is 0 Å². The third-order valence-electron chi connectivity index (χ3n) is 6.24. The minimum atomic E-state index is 0.732. The minimum Gasteiger partial charge on any atom is -0.253 e. The van der Waals surface area contributed by atoms with E-state index in [2.05, 4.69) is 90.2 Å². The van der Waals surface area contributed by atoms with Crippen molar-refractivity contribution in [2.75, 3.05) is 5.43 Å². The number of thiazole rings is 1. The molecular weight excluding hydrogens is 486 g/mol. The number of hydrazone groups is 1. The van der Waals surface area contributed by atoms with E-state index in [-0.39, 0.29) is 0 Å². The number of rotatable bonds is 7. The van der Waals surface area contributed by atoms with E-state index in [1.54, 1.807) is 6.21 Å². The van der Waals surface area contributed by atoms with Gasteiger partial charge in [0.15, 0.2) is 0 Å². The van der Waals surface area contributed by atoms with Crippen molar-refractivity contribution in [1.82, 2.24) is 14.8 Å². The highest BCUT2D eigenvalue weighted by Gasteiger charge is 2.11. The van der Waals surface area contributed by atoms with Crippen molar-refractivity contribution in [2.45, 2.75) is 6.92 Å². The predicted molar refractivity (Wildman–Crippen MR) is 158 cm³/mol. The van der Waals surface area contributed by atoms with Gasteiger partial charge in [-0.2, -0.15) is 10.2 Å². The molecule has 0 radical (unpaired) electrons. The Morgan fingerprint density at radius 3 is 2.11 bits per heavy atom. The molecule has 0 aliphatic rings. The van der Waals surface area contributed by atoms with E-state index in [9.17, 15) is 0 Å². The van der Waals surface area contributed by atoms with Crippen LogP contribution in [0.25, 0.3) is 39.3 Å². The quantitative estimate of drug-likeness (QED) is 0.174. The Hall–Kier alpha value is -4.81. The normalized spacial score (nSPS) is 11.2. The van der Waals surface area contributed by atoms with Gasteiger partial charge in [-0.15, -0.1) is 11.3 Å². The fourth-order valence-electron chi connectivity index (χ4n) is 4.21. The lowest BCUT2D eigenvalue weighted by molar-refractivity contribution is 0.884. The molecule has 0 spiro atoms. The summed E-state index contributed by atoms with van der Waals surface area (Å²) in [5.41, 5.74) is 12.5. The standard InChI is InChI=1S/C32H25N5S/c1-23-12-14-27(15-13-23)31-28(21-37(36-31)29-10-6-3-7-11-29)20-33-35-32-34-30(22-38-32)26-18-16-25(17-19-26)24-8-4-2-5-9-24/h2-22H,1H3,(H,34,35)/b33-20+. The third-order valence-corrected chi connectivity index (χ3v) is 6.99. The molecule has 0 unspecified atom stereocenters. The van der Waals surface area contributed by atoms with Gasteiger partial charge in [0.05, 0.1) is 17.6 Å². The van der Waals surface area contributed by atoms with E-state index in [1.807, 2.05) is 52.7 Å². The summed E-state index contributed by atoms with van der Waals surface area (Å²) in [6.45, 7) is 2.08. The molecule has 1 N–H and O–H groups in total. The van der Waals surface area contributed by atoms with Crippen LogP contribution in [-0.2, 0) is 0 Å². The average molecular weight is 512 g/mol. The molecule has 6 rings (SSSR count). The van der Waals surface area contributed by atoms with Crippen molar-refractivity contribution >= 4 is 22.7 Å². The van der Waals surface area contributed by atoms with Gasteiger partial charge in [-0.3, -0.25) is 5.43 Å². The highest BCUT2D eigenvalue weighted by Crippen LogP contribution is 2.28. The fourth-order valence-corrected chi connectivity index (χ4v) is 4.88. The van der Waals surface area contributed by atoms with Gasteiger partial charge in [0.25, 0.3) is 0 Å². The Morgan fingerprint density at radius 1 is 0.737 bits per heavy atom. The van der Waals surface area contributed by atoms with Crippen LogP contribution in [0.15, 0.2) is 126 Å². The van der Waals surface area contributed by atoms with Crippen LogP contribution in [0.2, 0.25) is 0 Å². The summed E-state index contributed by atoms with van der Waals surface area (Å²) in [5, 5.41) is 12.1. The number of anilines is 1. The Bertz CT molecular complexity index is 1670. The van der Waals surface area contributed by atoms with Crippen LogP contribution in [0, 0.1) is 6.92 Å². The van der Waals surface area contributed by atoms with Crippen LogP contribution in [0.4, 0.5) is 5.13 Å². The number of aryl methyl sites for hydroxylation is 1. The minimum absolute atomic E-state index is 0.732. The van der Waals surface area contributed by atoms with Gasteiger partial charge in [-0.1, -0.05) is 103 Å². The maximum Gasteiger partial charge on any atom is 0.203 e. The van der Waals surface area contributed by atoms with E-state index in [0.717, 1.165) is 38.9 Å². The van der Waals surface area contributed by atoms with Gasteiger partial charge < -0.3 is 0 Å². The summed E-state index contributed by atoms with van der Waals surface area (Å²) in [7, 11) is 0. The number of nitrogens with one attached hydrogen (secondary N) is 1. The lowest BCUT2D eigenvalue weighted by atomic mass is 10.0. The van der Waals surface area contributed by atoms with E-state index < -0.39 is 0 Å². The number of hydrogen-bond acceptors (Lipinski definition) is 5. The molecular formula is C32H25N5S. The van der Waals surface area contributed by atoms with Gasteiger partial charge in [-0.05, 0) is 30.2 Å². The van der Waals surface area contributed by atoms with Crippen molar-refractivity contribution in [3.05, 3.63) is 132 Å². The Balaban J connectivity index is 1.21. The molecule has 0 aliphatic carbocycles. The van der Waals surface area contributed by atoms with Crippen molar-refractivity contribution in [3.63, 3.8) is 0 Å². The van der Waals surface area contributed by atoms with Gasteiger partial charge in [0.2, 0.25) is 5.13 Å². The highest BCUT2D eigenvalue weighted by molar-refractivity contribution is 7.14. The molecule has 0 aliphatic heterocycles. The Labute approximate surface area is 225 Å². The molecule has 0 bridgehead atoms. The fraction of sp³-hybridized carbons (Fsp3) is 0.0312. The number of benzene rings is 4. The van der Waals surface area contributed by atoms with Crippen LogP contribution >= 0.6 is 11.3 Å². The molecule has 0 fully saturated rings. The Kier molecular flexibility index (Phi) is 6.62. The van der Waals surface area contributed by atoms with Crippen LogP contribution in [0.5, 0.6) is 0 Å². The maximum atomic E-state index is 4.86. The van der Waals surface area contributed by atoms with E-state index in [1.165, 1.54) is 28.0 Å². The largest absolute Gasteiger partial charge is 0.253 e. The summed E-state index contributed by atoms with van der Waals surface area (Å²) >= 11 is 1.53. The first-order chi connectivity index (χ1) is 18.7. The van der Waals surface area contributed by atoms with Crippen molar-refractivity contribution in [3.8, 4) is 39.3 Å². The third kappa shape index (κ3) is 5.16. The summed E-state index contributed by atoms with van der Waals surface area (Å²) in [6, 6.07) is 37.3. The molecule has 2 aromatic heterocycles. The summed E-state index contributed by atoms with van der Waals surface area (Å²) < 4.78 is 1.89. The summed E-state index contributed by atoms with van der Waals surface area (Å²) in [4.78, 5) is 4.73. The van der Waals surface area contributed by atoms with E-state index >= 15 is 0 Å². The smallest absolute Gasteiger partial charge is 0.203 e. The van der Waals surface area contributed by atoms with Gasteiger partial charge >= 0.3 is 0 Å². The second-order valence-electron chi connectivity index (χ2n) is 8.93. The Morgan fingerprint density at radius 2 is 1.37 bits per heavy atom. The SMILES string of the molecule is Cc1ccc(-c2nn(-c3ccccc3)cc2/C=N/Nc2nc(-c3ccc(-c4ccccc4)cc3)cs2)cc1. The van der Waals surface area contributed by atoms with E-state index in [4.69, 9.17) is 10.1 Å². The number of nitrogens with zero attached hydrogens (tertiary/aromatic N) is 4. The zero-order valence-electron chi connectivity index (χ0n) is 20.8. The van der Waals surface area contributed by atoms with Gasteiger partial charge in [-0.25, -0.2) is 9.67 Å². The zero-order chi connectivity index (χ0) is 25.7. The molecule has 2 heterocycles. The molecule has 4 aromatic carbocycles. The van der Waals surface area contributed by atoms with Gasteiger partial charge in [0, 0.05) is 28.3 Å². The first kappa shape index (κ1) is 23.6. The summed E-state index contributed by atoms with van der Waals surface area (Å²) in [6.07, 6.45) is 3.80. The van der Waals surface area contributed by atoms with Gasteiger partial charge in [0.1, 0.15) is 5.69 Å². The topological polar surface area (TPSA) is 55.1 Å². The summed E-state index contributed by atoms with van der Waals surface area (Å²) in [5.74, 6) is 0. The molecule has 0 amide bonds. The van der Waals surface area contributed by atoms with Crippen molar-refractivity contribution in [2.24, 2.45) is 5.10 Å². The van der Waals surface area contributed by atoms with Crippen LogP contribution in [0.3, 0.4) is 0 Å². The molecule has 6 aromatic rings. The van der Waals surface area contributed by atoms with Crippen LogP contribution < -0.4 is 5.43 Å². The van der Waals surface area contributed by atoms with Crippen molar-refractivity contribution < 1.29 is 0 Å².